The van der Waals surface area contributed by atoms with Crippen LogP contribution in [0.15, 0.2) is 0 Å². The van der Waals surface area contributed by atoms with Crippen molar-refractivity contribution < 1.29 is 9.59 Å². The van der Waals surface area contributed by atoms with E-state index in [1.807, 2.05) is 13.8 Å². The fourth-order valence-corrected chi connectivity index (χ4v) is 1.73. The Morgan fingerprint density at radius 2 is 1.95 bits per heavy atom. The van der Waals surface area contributed by atoms with Crippen LogP contribution in [-0.2, 0) is 9.59 Å². The zero-order chi connectivity index (χ0) is 13.4. The maximum absolute atomic E-state index is 11.5. The molecular formula is C13H26ClN3O2. The van der Waals surface area contributed by atoms with Gasteiger partial charge in [0.15, 0.2) is 0 Å². The first-order chi connectivity index (χ1) is 8.63. The van der Waals surface area contributed by atoms with E-state index in [1.165, 1.54) is 0 Å². The summed E-state index contributed by atoms with van der Waals surface area (Å²) in [5.41, 5.74) is 0. The molecule has 1 saturated carbocycles. The van der Waals surface area contributed by atoms with Crippen molar-refractivity contribution in [2.75, 3.05) is 19.6 Å². The summed E-state index contributed by atoms with van der Waals surface area (Å²) < 4.78 is 0. The summed E-state index contributed by atoms with van der Waals surface area (Å²) in [6.45, 7) is 6.25. The molecule has 19 heavy (non-hydrogen) atoms. The molecular weight excluding hydrogens is 266 g/mol. The van der Waals surface area contributed by atoms with Gasteiger partial charge >= 0.3 is 0 Å². The molecule has 0 unspecified atom stereocenters. The lowest BCUT2D eigenvalue weighted by Gasteiger charge is -2.13. The predicted octanol–water partition coefficient (Wildman–Crippen LogP) is 0.829. The lowest BCUT2D eigenvalue weighted by Crippen LogP contribution is -2.39. The molecule has 1 aliphatic rings. The molecule has 1 atom stereocenters. The highest BCUT2D eigenvalue weighted by atomic mass is 35.5. The van der Waals surface area contributed by atoms with Crippen molar-refractivity contribution in [2.45, 2.75) is 45.6 Å². The molecule has 0 spiro atoms. The summed E-state index contributed by atoms with van der Waals surface area (Å²) in [5.74, 6) is 0.455. The van der Waals surface area contributed by atoms with Crippen molar-refractivity contribution in [2.24, 2.45) is 5.92 Å². The Morgan fingerprint density at radius 3 is 2.53 bits per heavy atom. The zero-order valence-corrected chi connectivity index (χ0v) is 12.6. The maximum atomic E-state index is 11.5. The number of rotatable bonds is 9. The molecule has 1 fully saturated rings. The lowest BCUT2D eigenvalue weighted by atomic mass is 10.2. The van der Waals surface area contributed by atoms with Crippen LogP contribution in [0.25, 0.3) is 0 Å². The van der Waals surface area contributed by atoms with Gasteiger partial charge in [-0.2, -0.15) is 0 Å². The summed E-state index contributed by atoms with van der Waals surface area (Å²) in [6, 6.07) is 0.300. The van der Waals surface area contributed by atoms with Crippen molar-refractivity contribution in [3.63, 3.8) is 0 Å². The van der Waals surface area contributed by atoms with Crippen molar-refractivity contribution in [1.29, 1.82) is 0 Å². The SMILES string of the molecule is CCN[C@H](C)CNC(=O)CCCNC(=O)C1CC1.Cl. The van der Waals surface area contributed by atoms with Gasteiger partial charge < -0.3 is 16.0 Å². The summed E-state index contributed by atoms with van der Waals surface area (Å²) in [6.07, 6.45) is 3.23. The second-order valence-corrected chi connectivity index (χ2v) is 4.93. The van der Waals surface area contributed by atoms with Crippen LogP contribution in [0.5, 0.6) is 0 Å². The molecule has 0 saturated heterocycles. The Morgan fingerprint density at radius 1 is 1.26 bits per heavy atom. The smallest absolute Gasteiger partial charge is 0.223 e. The number of amides is 2. The van der Waals surface area contributed by atoms with Gasteiger partial charge in [0.2, 0.25) is 11.8 Å². The van der Waals surface area contributed by atoms with Gasteiger partial charge in [-0.15, -0.1) is 12.4 Å². The average molecular weight is 292 g/mol. The average Bonchev–Trinajstić information content (AvgIpc) is 3.16. The van der Waals surface area contributed by atoms with E-state index < -0.39 is 0 Å². The van der Waals surface area contributed by atoms with E-state index in [1.54, 1.807) is 0 Å². The van der Waals surface area contributed by atoms with Gasteiger partial charge in [-0.05, 0) is 32.7 Å². The summed E-state index contributed by atoms with van der Waals surface area (Å²) in [7, 11) is 0. The van der Waals surface area contributed by atoms with Gasteiger partial charge in [0.25, 0.3) is 0 Å². The first-order valence-corrected chi connectivity index (χ1v) is 6.91. The number of carbonyl (C=O) groups is 2. The molecule has 0 aromatic carbocycles. The molecule has 0 aliphatic heterocycles. The van der Waals surface area contributed by atoms with E-state index in [2.05, 4.69) is 16.0 Å². The molecule has 0 heterocycles. The second kappa shape index (κ2) is 10.0. The van der Waals surface area contributed by atoms with Crippen LogP contribution in [0.4, 0.5) is 0 Å². The first kappa shape index (κ1) is 18.2. The van der Waals surface area contributed by atoms with Crippen molar-refractivity contribution >= 4 is 24.2 Å². The standard InChI is InChI=1S/C13H25N3O2.ClH/c1-3-14-10(2)9-16-12(17)5-4-8-15-13(18)11-6-7-11;/h10-11,14H,3-9H2,1-2H3,(H,15,18)(H,16,17);1H/t10-;/m1./s1. The molecule has 0 aromatic rings. The van der Waals surface area contributed by atoms with E-state index in [4.69, 9.17) is 0 Å². The van der Waals surface area contributed by atoms with Crippen LogP contribution in [0.3, 0.4) is 0 Å². The van der Waals surface area contributed by atoms with Crippen molar-refractivity contribution in [3.8, 4) is 0 Å². The Bertz CT molecular complexity index is 283. The third kappa shape index (κ3) is 8.83. The van der Waals surface area contributed by atoms with E-state index in [9.17, 15) is 9.59 Å². The molecule has 1 rings (SSSR count). The van der Waals surface area contributed by atoms with Crippen LogP contribution in [0.2, 0.25) is 0 Å². The minimum absolute atomic E-state index is 0. The Labute approximate surface area is 121 Å². The number of likely N-dealkylation sites (N-methyl/N-ethyl adjacent to an activating group) is 1. The van der Waals surface area contributed by atoms with Crippen molar-refractivity contribution in [1.82, 2.24) is 16.0 Å². The predicted molar refractivity (Wildman–Crippen MR) is 78.4 cm³/mol. The van der Waals surface area contributed by atoms with Gasteiger partial charge in [-0.25, -0.2) is 0 Å². The van der Waals surface area contributed by atoms with E-state index in [0.717, 1.165) is 19.4 Å². The van der Waals surface area contributed by atoms with E-state index >= 15 is 0 Å². The summed E-state index contributed by atoms with van der Waals surface area (Å²) in [5, 5.41) is 8.96. The van der Waals surface area contributed by atoms with Gasteiger partial charge in [-0.1, -0.05) is 6.92 Å². The Kier molecular flexibility index (Phi) is 9.61. The number of nitrogens with one attached hydrogen (secondary N) is 3. The Hall–Kier alpha value is -0.810. The monoisotopic (exact) mass is 291 g/mol. The lowest BCUT2D eigenvalue weighted by molar-refractivity contribution is -0.123. The molecule has 2 amide bonds. The minimum atomic E-state index is 0. The van der Waals surface area contributed by atoms with Crippen LogP contribution in [0, 0.1) is 5.92 Å². The molecule has 3 N–H and O–H groups in total. The maximum Gasteiger partial charge on any atom is 0.223 e. The van der Waals surface area contributed by atoms with Crippen LogP contribution in [0.1, 0.15) is 39.5 Å². The molecule has 112 valence electrons. The molecule has 1 aliphatic carbocycles. The second-order valence-electron chi connectivity index (χ2n) is 4.93. The number of carbonyl (C=O) groups excluding carboxylic acids is 2. The first-order valence-electron chi connectivity index (χ1n) is 6.91. The fourth-order valence-electron chi connectivity index (χ4n) is 1.73. The van der Waals surface area contributed by atoms with E-state index in [0.29, 0.717) is 32.0 Å². The highest BCUT2D eigenvalue weighted by Crippen LogP contribution is 2.28. The fraction of sp³-hybridized carbons (Fsp3) is 0.846. The summed E-state index contributed by atoms with van der Waals surface area (Å²) in [4.78, 5) is 22.8. The largest absolute Gasteiger partial charge is 0.356 e. The molecule has 5 nitrogen and oxygen atoms in total. The normalized spacial score (nSPS) is 15.3. The topological polar surface area (TPSA) is 70.2 Å². The quantitative estimate of drug-likeness (QED) is 0.551. The van der Waals surface area contributed by atoms with Gasteiger partial charge in [0.05, 0.1) is 0 Å². The molecule has 0 radical (unpaired) electrons. The Balaban J connectivity index is 0.00000324. The van der Waals surface area contributed by atoms with Gasteiger partial charge in [0, 0.05) is 31.5 Å². The van der Waals surface area contributed by atoms with Crippen LogP contribution < -0.4 is 16.0 Å². The highest BCUT2D eigenvalue weighted by molar-refractivity contribution is 5.85. The third-order valence-electron chi connectivity index (χ3n) is 2.99. The molecule has 6 heteroatoms. The number of hydrogen-bond donors (Lipinski definition) is 3. The van der Waals surface area contributed by atoms with E-state index in [-0.39, 0.29) is 30.1 Å². The molecule has 0 aromatic heterocycles. The number of halogens is 1. The van der Waals surface area contributed by atoms with Gasteiger partial charge in [-0.3, -0.25) is 9.59 Å². The van der Waals surface area contributed by atoms with Gasteiger partial charge in [0.1, 0.15) is 0 Å². The number of hydrogen-bond acceptors (Lipinski definition) is 3. The summed E-state index contributed by atoms with van der Waals surface area (Å²) >= 11 is 0. The van der Waals surface area contributed by atoms with Crippen molar-refractivity contribution in [3.05, 3.63) is 0 Å². The van der Waals surface area contributed by atoms with Crippen LogP contribution >= 0.6 is 12.4 Å². The highest BCUT2D eigenvalue weighted by Gasteiger charge is 2.28. The molecule has 0 bridgehead atoms. The van der Waals surface area contributed by atoms with Crippen LogP contribution in [-0.4, -0.2) is 37.5 Å². The zero-order valence-electron chi connectivity index (χ0n) is 11.8. The third-order valence-corrected chi connectivity index (χ3v) is 2.99. The minimum Gasteiger partial charge on any atom is -0.356 e.